The van der Waals surface area contributed by atoms with Gasteiger partial charge in [-0.3, -0.25) is 4.98 Å². The number of nitrogens with zero attached hydrogens (tertiary/aromatic N) is 1. The van der Waals surface area contributed by atoms with Gasteiger partial charge < -0.3 is 5.11 Å². The number of hydrogen-bond acceptors (Lipinski definition) is 2. The highest BCUT2D eigenvalue weighted by Gasteiger charge is 2.06. The Hall–Kier alpha value is -0.600. The first-order valence-electron chi connectivity index (χ1n) is 3.91. The van der Waals surface area contributed by atoms with E-state index in [1.807, 2.05) is 13.8 Å². The van der Waals surface area contributed by atoms with Crippen LogP contribution < -0.4 is 0 Å². The molecule has 0 aliphatic carbocycles. The van der Waals surface area contributed by atoms with Crippen LogP contribution >= 0.6 is 11.6 Å². The summed E-state index contributed by atoms with van der Waals surface area (Å²) in [6.07, 6.45) is 0. The van der Waals surface area contributed by atoms with Crippen molar-refractivity contribution >= 4 is 11.6 Å². The Kier molecular flexibility index (Phi) is 3.06. The molecular formula is C9H12ClNO. The molecule has 0 amide bonds. The topological polar surface area (TPSA) is 33.1 Å². The van der Waals surface area contributed by atoms with Crippen molar-refractivity contribution in [3.8, 4) is 0 Å². The van der Waals surface area contributed by atoms with Gasteiger partial charge in [-0.1, -0.05) is 25.4 Å². The molecule has 0 unspecified atom stereocenters. The molecule has 3 heteroatoms. The minimum absolute atomic E-state index is 0.0309. The molecule has 0 radical (unpaired) electrons. The summed E-state index contributed by atoms with van der Waals surface area (Å²) >= 11 is 5.90. The highest BCUT2D eigenvalue weighted by Crippen LogP contribution is 2.21. The zero-order valence-corrected chi connectivity index (χ0v) is 7.97. The number of aliphatic hydroxyl groups excluding tert-OH is 1. The molecule has 0 atom stereocenters. The molecule has 0 saturated carbocycles. The molecule has 2 nitrogen and oxygen atoms in total. The van der Waals surface area contributed by atoms with E-state index in [9.17, 15) is 0 Å². The number of aliphatic hydroxyl groups is 1. The van der Waals surface area contributed by atoms with Crippen molar-refractivity contribution in [1.82, 2.24) is 4.98 Å². The Labute approximate surface area is 77.2 Å². The fraction of sp³-hybridized carbons (Fsp3) is 0.444. The van der Waals surface area contributed by atoms with E-state index in [1.54, 1.807) is 12.1 Å². The highest BCUT2D eigenvalue weighted by atomic mass is 35.5. The summed E-state index contributed by atoms with van der Waals surface area (Å²) < 4.78 is 0. The van der Waals surface area contributed by atoms with Gasteiger partial charge in [0.2, 0.25) is 0 Å². The maximum absolute atomic E-state index is 8.83. The second kappa shape index (κ2) is 3.87. The Bertz CT molecular complexity index is 273. The zero-order valence-electron chi connectivity index (χ0n) is 7.21. The Morgan fingerprint density at radius 2 is 2.17 bits per heavy atom. The molecule has 12 heavy (non-hydrogen) atoms. The lowest BCUT2D eigenvalue weighted by Crippen LogP contribution is -1.98. The van der Waals surface area contributed by atoms with Crippen LogP contribution in [0.25, 0.3) is 0 Å². The summed E-state index contributed by atoms with van der Waals surface area (Å²) in [6, 6.07) is 3.50. The second-order valence-electron chi connectivity index (χ2n) is 2.98. The fourth-order valence-electron chi connectivity index (χ4n) is 0.993. The fourth-order valence-corrected chi connectivity index (χ4v) is 1.32. The van der Waals surface area contributed by atoms with Crippen LogP contribution in [0.2, 0.25) is 5.02 Å². The van der Waals surface area contributed by atoms with Crippen molar-refractivity contribution in [2.75, 3.05) is 0 Å². The van der Waals surface area contributed by atoms with Crippen LogP contribution in [0.4, 0.5) is 0 Å². The largest absolute Gasteiger partial charge is 0.390 e. The minimum Gasteiger partial charge on any atom is -0.390 e. The molecule has 66 valence electrons. The van der Waals surface area contributed by atoms with Gasteiger partial charge in [-0.05, 0) is 18.1 Å². The van der Waals surface area contributed by atoms with Crippen molar-refractivity contribution in [2.24, 2.45) is 0 Å². The van der Waals surface area contributed by atoms with Gasteiger partial charge in [0, 0.05) is 0 Å². The number of hydrogen-bond donors (Lipinski definition) is 1. The first kappa shape index (κ1) is 9.49. The third-order valence-electron chi connectivity index (χ3n) is 1.64. The molecule has 0 saturated heterocycles. The molecule has 1 aromatic rings. The van der Waals surface area contributed by atoms with Gasteiger partial charge in [0.15, 0.2) is 0 Å². The summed E-state index contributed by atoms with van der Waals surface area (Å²) in [5, 5.41) is 9.50. The number of pyridine rings is 1. The van der Waals surface area contributed by atoms with E-state index in [2.05, 4.69) is 4.98 Å². The quantitative estimate of drug-likeness (QED) is 0.768. The summed E-state index contributed by atoms with van der Waals surface area (Å²) in [5.41, 5.74) is 1.52. The SMILES string of the molecule is CC(C)c1nc(CO)ccc1Cl. The standard InChI is InChI=1S/C9H12ClNO/c1-6(2)9-8(10)4-3-7(5-12)11-9/h3-4,6,12H,5H2,1-2H3. The van der Waals surface area contributed by atoms with Gasteiger partial charge in [0.05, 0.1) is 23.0 Å². The first-order chi connectivity index (χ1) is 5.65. The number of aromatic nitrogens is 1. The molecule has 0 bridgehead atoms. The van der Waals surface area contributed by atoms with Crippen LogP contribution in [0.1, 0.15) is 31.2 Å². The van der Waals surface area contributed by atoms with Gasteiger partial charge in [-0.15, -0.1) is 0 Å². The molecule has 0 spiro atoms. The van der Waals surface area contributed by atoms with Crippen LogP contribution in [0, 0.1) is 0 Å². The lowest BCUT2D eigenvalue weighted by atomic mass is 10.1. The average molecular weight is 186 g/mol. The first-order valence-corrected chi connectivity index (χ1v) is 4.29. The van der Waals surface area contributed by atoms with Gasteiger partial charge in [-0.25, -0.2) is 0 Å². The Morgan fingerprint density at radius 1 is 1.50 bits per heavy atom. The predicted octanol–water partition coefficient (Wildman–Crippen LogP) is 2.35. The van der Waals surface area contributed by atoms with Crippen LogP contribution in [0.15, 0.2) is 12.1 Å². The van der Waals surface area contributed by atoms with E-state index in [0.717, 1.165) is 5.69 Å². The Balaban J connectivity index is 3.08. The number of rotatable bonds is 2. The minimum atomic E-state index is -0.0309. The normalized spacial score (nSPS) is 10.8. The molecular weight excluding hydrogens is 174 g/mol. The Morgan fingerprint density at radius 3 is 2.67 bits per heavy atom. The lowest BCUT2D eigenvalue weighted by Gasteiger charge is -2.07. The zero-order chi connectivity index (χ0) is 9.14. The van der Waals surface area contributed by atoms with E-state index in [0.29, 0.717) is 16.6 Å². The van der Waals surface area contributed by atoms with E-state index in [-0.39, 0.29) is 6.61 Å². The molecule has 1 heterocycles. The van der Waals surface area contributed by atoms with Crippen molar-refractivity contribution < 1.29 is 5.11 Å². The van der Waals surface area contributed by atoms with Gasteiger partial charge >= 0.3 is 0 Å². The van der Waals surface area contributed by atoms with Crippen LogP contribution in [0.5, 0.6) is 0 Å². The average Bonchev–Trinajstić information content (AvgIpc) is 2.05. The second-order valence-corrected chi connectivity index (χ2v) is 3.39. The lowest BCUT2D eigenvalue weighted by molar-refractivity contribution is 0.276. The van der Waals surface area contributed by atoms with Crippen LogP contribution in [0.3, 0.4) is 0 Å². The monoisotopic (exact) mass is 185 g/mol. The van der Waals surface area contributed by atoms with E-state index >= 15 is 0 Å². The van der Waals surface area contributed by atoms with Crippen LogP contribution in [-0.2, 0) is 6.61 Å². The molecule has 0 aliphatic rings. The summed E-state index contributed by atoms with van der Waals surface area (Å²) in [4.78, 5) is 4.21. The molecule has 1 rings (SSSR count). The van der Waals surface area contributed by atoms with Crippen molar-refractivity contribution in [1.29, 1.82) is 0 Å². The molecule has 0 aliphatic heterocycles. The van der Waals surface area contributed by atoms with E-state index < -0.39 is 0 Å². The molecule has 0 aromatic carbocycles. The molecule has 0 fully saturated rings. The summed E-state index contributed by atoms with van der Waals surface area (Å²) in [6.45, 7) is 4.02. The third-order valence-corrected chi connectivity index (χ3v) is 1.96. The number of halogens is 1. The van der Waals surface area contributed by atoms with Crippen molar-refractivity contribution in [3.63, 3.8) is 0 Å². The third kappa shape index (κ3) is 1.96. The molecule has 1 aromatic heterocycles. The predicted molar refractivity (Wildman–Crippen MR) is 49.3 cm³/mol. The van der Waals surface area contributed by atoms with Gasteiger partial charge in [0.1, 0.15) is 0 Å². The van der Waals surface area contributed by atoms with E-state index in [4.69, 9.17) is 16.7 Å². The van der Waals surface area contributed by atoms with Gasteiger partial charge in [0.25, 0.3) is 0 Å². The van der Waals surface area contributed by atoms with Crippen molar-refractivity contribution in [2.45, 2.75) is 26.4 Å². The maximum Gasteiger partial charge on any atom is 0.0853 e. The summed E-state index contributed by atoms with van der Waals surface area (Å²) in [5.74, 6) is 0.295. The van der Waals surface area contributed by atoms with Gasteiger partial charge in [-0.2, -0.15) is 0 Å². The van der Waals surface area contributed by atoms with Crippen LogP contribution in [-0.4, -0.2) is 10.1 Å². The molecule has 1 N–H and O–H groups in total. The van der Waals surface area contributed by atoms with E-state index in [1.165, 1.54) is 0 Å². The maximum atomic E-state index is 8.83. The highest BCUT2D eigenvalue weighted by molar-refractivity contribution is 6.31. The smallest absolute Gasteiger partial charge is 0.0853 e. The summed E-state index contributed by atoms with van der Waals surface area (Å²) in [7, 11) is 0. The van der Waals surface area contributed by atoms with Crippen molar-refractivity contribution in [3.05, 3.63) is 28.5 Å².